The van der Waals surface area contributed by atoms with Crippen LogP contribution in [0.2, 0.25) is 0 Å². The van der Waals surface area contributed by atoms with Crippen LogP contribution >= 0.6 is 0 Å². The van der Waals surface area contributed by atoms with Crippen molar-refractivity contribution in [3.05, 3.63) is 59.7 Å². The van der Waals surface area contributed by atoms with Gasteiger partial charge in [0, 0.05) is 0 Å². The molecule has 0 aliphatic rings. The minimum Gasteiger partial charge on any atom is -0.494 e. The van der Waals surface area contributed by atoms with Gasteiger partial charge >= 0.3 is 11.9 Å². The van der Waals surface area contributed by atoms with E-state index in [0.717, 1.165) is 38.5 Å². The molecule has 1 atom stereocenters. The van der Waals surface area contributed by atoms with Crippen molar-refractivity contribution < 1.29 is 23.8 Å². The number of unbranched alkanes of at least 4 members (excludes halogenated alkanes) is 3. The standard InChI is InChI=1S/C29H37NO5/c1-5-23(20-29(2,3)4)27(31)34-19-9-7-6-8-18-33-25-16-12-24(13-17-25)28(32)35-26-14-10-22(21-30)11-15-26/h10-17,23H,5-9,18-20H2,1-4H3. The van der Waals surface area contributed by atoms with Crippen LogP contribution in [0.3, 0.4) is 0 Å². The number of hydrogen-bond donors (Lipinski definition) is 0. The second kappa shape index (κ2) is 14.2. The Labute approximate surface area is 209 Å². The number of nitriles is 1. The fourth-order valence-corrected chi connectivity index (χ4v) is 3.62. The number of esters is 2. The highest BCUT2D eigenvalue weighted by Gasteiger charge is 2.24. The van der Waals surface area contributed by atoms with Gasteiger partial charge in [-0.3, -0.25) is 4.79 Å². The second-order valence-electron chi connectivity index (χ2n) is 9.85. The number of carbonyl (C=O) groups is 2. The van der Waals surface area contributed by atoms with Crippen LogP contribution in [-0.4, -0.2) is 25.2 Å². The number of rotatable bonds is 13. The summed E-state index contributed by atoms with van der Waals surface area (Å²) in [6, 6.07) is 15.2. The Bertz CT molecular complexity index is 968. The Kier molecular flexibility index (Phi) is 11.3. The Balaban J connectivity index is 1.60. The summed E-state index contributed by atoms with van der Waals surface area (Å²) in [7, 11) is 0. The molecule has 2 aromatic carbocycles. The van der Waals surface area contributed by atoms with Gasteiger partial charge in [0.25, 0.3) is 0 Å². The SMILES string of the molecule is CCC(CC(C)(C)C)C(=O)OCCCCCCOc1ccc(C(=O)Oc2ccc(C#N)cc2)cc1. The fraction of sp³-hybridized carbons (Fsp3) is 0.483. The topological polar surface area (TPSA) is 85.6 Å². The summed E-state index contributed by atoms with van der Waals surface area (Å²) in [5.74, 6) is 0.519. The molecule has 0 radical (unpaired) electrons. The van der Waals surface area contributed by atoms with Crippen molar-refractivity contribution in [3.8, 4) is 17.6 Å². The number of hydrogen-bond acceptors (Lipinski definition) is 6. The lowest BCUT2D eigenvalue weighted by Gasteiger charge is -2.23. The molecule has 0 N–H and O–H groups in total. The van der Waals surface area contributed by atoms with Crippen LogP contribution < -0.4 is 9.47 Å². The van der Waals surface area contributed by atoms with Gasteiger partial charge in [-0.2, -0.15) is 5.26 Å². The van der Waals surface area contributed by atoms with Crippen molar-refractivity contribution >= 4 is 11.9 Å². The predicted octanol–water partition coefficient (Wildman–Crippen LogP) is 6.72. The zero-order valence-electron chi connectivity index (χ0n) is 21.3. The molecule has 35 heavy (non-hydrogen) atoms. The first-order valence-electron chi connectivity index (χ1n) is 12.3. The summed E-state index contributed by atoms with van der Waals surface area (Å²) < 4.78 is 16.5. The van der Waals surface area contributed by atoms with Crippen LogP contribution in [0.15, 0.2) is 48.5 Å². The third kappa shape index (κ3) is 10.6. The number of ether oxygens (including phenoxy) is 3. The molecular formula is C29H37NO5. The van der Waals surface area contributed by atoms with E-state index in [9.17, 15) is 9.59 Å². The second-order valence-corrected chi connectivity index (χ2v) is 9.85. The highest BCUT2D eigenvalue weighted by molar-refractivity contribution is 5.91. The third-order valence-corrected chi connectivity index (χ3v) is 5.52. The lowest BCUT2D eigenvalue weighted by Crippen LogP contribution is -2.23. The average molecular weight is 480 g/mol. The molecule has 6 heteroatoms. The lowest BCUT2D eigenvalue weighted by molar-refractivity contribution is -0.149. The van der Waals surface area contributed by atoms with Crippen LogP contribution in [0.25, 0.3) is 0 Å². The molecule has 6 nitrogen and oxygen atoms in total. The van der Waals surface area contributed by atoms with Gasteiger partial charge in [-0.05, 0) is 92.5 Å². The fourth-order valence-electron chi connectivity index (χ4n) is 3.62. The Morgan fingerprint density at radius 2 is 1.49 bits per heavy atom. The molecule has 0 fully saturated rings. The van der Waals surface area contributed by atoms with Crippen molar-refractivity contribution in [2.75, 3.05) is 13.2 Å². The first kappa shape index (κ1) is 27.9. The van der Waals surface area contributed by atoms with Crippen LogP contribution in [0.4, 0.5) is 0 Å². The summed E-state index contributed by atoms with van der Waals surface area (Å²) in [4.78, 5) is 24.5. The number of benzene rings is 2. The van der Waals surface area contributed by atoms with E-state index in [-0.39, 0.29) is 17.3 Å². The first-order valence-corrected chi connectivity index (χ1v) is 12.3. The van der Waals surface area contributed by atoms with Crippen molar-refractivity contribution in [2.45, 2.75) is 66.2 Å². The largest absolute Gasteiger partial charge is 0.494 e. The number of carbonyl (C=O) groups excluding carboxylic acids is 2. The van der Waals surface area contributed by atoms with Gasteiger partial charge in [0.2, 0.25) is 0 Å². The Morgan fingerprint density at radius 1 is 0.886 bits per heavy atom. The summed E-state index contributed by atoms with van der Waals surface area (Å²) in [5, 5.41) is 8.83. The monoisotopic (exact) mass is 479 g/mol. The molecule has 0 bridgehead atoms. The van der Waals surface area contributed by atoms with Gasteiger partial charge in [-0.25, -0.2) is 4.79 Å². The van der Waals surface area contributed by atoms with Crippen molar-refractivity contribution in [2.24, 2.45) is 11.3 Å². The summed E-state index contributed by atoms with van der Waals surface area (Å²) >= 11 is 0. The zero-order chi connectivity index (χ0) is 25.7. The maximum absolute atomic E-state index is 12.3. The molecule has 0 amide bonds. The molecule has 0 spiro atoms. The van der Waals surface area contributed by atoms with Crippen LogP contribution in [0.5, 0.6) is 11.5 Å². The van der Waals surface area contributed by atoms with Crippen molar-refractivity contribution in [1.82, 2.24) is 0 Å². The van der Waals surface area contributed by atoms with E-state index < -0.39 is 5.97 Å². The minimum atomic E-state index is -0.467. The lowest BCUT2D eigenvalue weighted by atomic mass is 9.83. The van der Waals surface area contributed by atoms with E-state index in [1.165, 1.54) is 0 Å². The summed E-state index contributed by atoms with van der Waals surface area (Å²) in [6.07, 6.45) is 5.38. The molecule has 2 aromatic rings. The maximum Gasteiger partial charge on any atom is 0.343 e. The molecule has 0 aliphatic heterocycles. The van der Waals surface area contributed by atoms with Crippen molar-refractivity contribution in [1.29, 1.82) is 5.26 Å². The van der Waals surface area contributed by atoms with E-state index in [1.54, 1.807) is 48.5 Å². The maximum atomic E-state index is 12.3. The molecular weight excluding hydrogens is 442 g/mol. The van der Waals surface area contributed by atoms with Crippen LogP contribution in [0, 0.1) is 22.7 Å². The molecule has 0 aliphatic carbocycles. The molecule has 188 valence electrons. The van der Waals surface area contributed by atoms with E-state index >= 15 is 0 Å². The van der Waals surface area contributed by atoms with Crippen molar-refractivity contribution in [3.63, 3.8) is 0 Å². The molecule has 0 saturated heterocycles. The van der Waals surface area contributed by atoms with E-state index in [2.05, 4.69) is 20.8 Å². The van der Waals surface area contributed by atoms with Gasteiger partial charge in [-0.1, -0.05) is 27.7 Å². The number of nitrogens with zero attached hydrogens (tertiary/aromatic N) is 1. The Hall–Kier alpha value is -3.33. The predicted molar refractivity (Wildman–Crippen MR) is 135 cm³/mol. The summed E-state index contributed by atoms with van der Waals surface area (Å²) in [6.45, 7) is 9.53. The molecule has 0 heterocycles. The third-order valence-electron chi connectivity index (χ3n) is 5.52. The molecule has 1 unspecified atom stereocenters. The van der Waals surface area contributed by atoms with Crippen LogP contribution in [-0.2, 0) is 9.53 Å². The highest BCUT2D eigenvalue weighted by Crippen LogP contribution is 2.27. The minimum absolute atomic E-state index is 0.0207. The highest BCUT2D eigenvalue weighted by atomic mass is 16.5. The summed E-state index contributed by atoms with van der Waals surface area (Å²) in [5.41, 5.74) is 1.05. The van der Waals surface area contributed by atoms with Gasteiger partial charge in [0.1, 0.15) is 11.5 Å². The molecule has 0 aromatic heterocycles. The molecule has 0 saturated carbocycles. The molecule has 2 rings (SSSR count). The first-order chi connectivity index (χ1) is 16.7. The smallest absolute Gasteiger partial charge is 0.343 e. The van der Waals surface area contributed by atoms with Gasteiger partial charge in [0.05, 0.1) is 36.3 Å². The Morgan fingerprint density at radius 3 is 2.06 bits per heavy atom. The normalized spacial score (nSPS) is 11.9. The quantitative estimate of drug-likeness (QED) is 0.180. The van der Waals surface area contributed by atoms with E-state index in [1.807, 2.05) is 13.0 Å². The van der Waals surface area contributed by atoms with Gasteiger partial charge < -0.3 is 14.2 Å². The van der Waals surface area contributed by atoms with E-state index in [4.69, 9.17) is 19.5 Å². The van der Waals surface area contributed by atoms with Gasteiger partial charge in [-0.15, -0.1) is 0 Å². The average Bonchev–Trinajstić information content (AvgIpc) is 2.84. The van der Waals surface area contributed by atoms with Gasteiger partial charge in [0.15, 0.2) is 0 Å². The van der Waals surface area contributed by atoms with E-state index in [0.29, 0.717) is 35.8 Å². The van der Waals surface area contributed by atoms with Crippen LogP contribution in [0.1, 0.15) is 82.1 Å². The zero-order valence-corrected chi connectivity index (χ0v) is 21.3.